The molecule has 7 nitrogen and oxygen atoms in total. The van der Waals surface area contributed by atoms with Gasteiger partial charge in [0.15, 0.2) is 0 Å². The van der Waals surface area contributed by atoms with Crippen LogP contribution in [0.15, 0.2) is 0 Å². The number of aliphatic hydroxyl groups is 2. The van der Waals surface area contributed by atoms with E-state index in [9.17, 15) is 19.8 Å². The summed E-state index contributed by atoms with van der Waals surface area (Å²) in [5.41, 5.74) is -1.05. The van der Waals surface area contributed by atoms with Crippen LogP contribution >= 0.6 is 0 Å². The molecule has 1 saturated heterocycles. The van der Waals surface area contributed by atoms with E-state index < -0.39 is 29.7 Å². The number of rotatable bonds is 4. The Morgan fingerprint density at radius 1 is 1.42 bits per heavy atom. The molecule has 7 heteroatoms. The Morgan fingerprint density at radius 2 is 2.00 bits per heavy atom. The maximum Gasteiger partial charge on any atom is 0.326 e. The van der Waals surface area contributed by atoms with E-state index in [4.69, 9.17) is 5.11 Å². The average Bonchev–Trinajstić information content (AvgIpc) is 2.66. The normalized spacial score (nSPS) is 23.5. The van der Waals surface area contributed by atoms with E-state index in [1.807, 2.05) is 0 Å². The van der Waals surface area contributed by atoms with Crippen molar-refractivity contribution in [2.45, 2.75) is 44.9 Å². The van der Waals surface area contributed by atoms with Crippen molar-refractivity contribution in [3.05, 3.63) is 0 Å². The zero-order valence-corrected chi connectivity index (χ0v) is 11.5. The number of amides is 2. The van der Waals surface area contributed by atoms with E-state index in [0.717, 1.165) is 4.90 Å². The number of carbonyl (C=O) groups is 2. The van der Waals surface area contributed by atoms with Crippen LogP contribution in [0, 0.1) is 0 Å². The van der Waals surface area contributed by atoms with Gasteiger partial charge in [-0.3, -0.25) is 0 Å². The van der Waals surface area contributed by atoms with Crippen LogP contribution in [0.25, 0.3) is 0 Å². The Kier molecular flexibility index (Phi) is 4.75. The van der Waals surface area contributed by atoms with E-state index in [0.29, 0.717) is 6.54 Å². The van der Waals surface area contributed by atoms with E-state index in [-0.39, 0.29) is 19.5 Å². The third kappa shape index (κ3) is 4.07. The smallest absolute Gasteiger partial charge is 0.326 e. The molecule has 0 saturated carbocycles. The highest BCUT2D eigenvalue weighted by atomic mass is 16.4. The fraction of sp³-hybridized carbons (Fsp3) is 0.833. The average molecular weight is 274 g/mol. The molecule has 0 aromatic rings. The van der Waals surface area contributed by atoms with Crippen molar-refractivity contribution in [3.63, 3.8) is 0 Å². The van der Waals surface area contributed by atoms with Crippen LogP contribution in [0.4, 0.5) is 4.79 Å². The van der Waals surface area contributed by atoms with Gasteiger partial charge in [0.2, 0.25) is 0 Å². The molecule has 0 aromatic heterocycles. The lowest BCUT2D eigenvalue weighted by atomic mass is 10.1. The number of likely N-dealkylation sites (tertiary alicyclic amines) is 1. The molecule has 0 radical (unpaired) electrons. The fourth-order valence-corrected chi connectivity index (χ4v) is 2.22. The van der Waals surface area contributed by atoms with Gasteiger partial charge >= 0.3 is 12.0 Å². The molecule has 1 aliphatic rings. The molecule has 0 bridgehead atoms. The van der Waals surface area contributed by atoms with Crippen LogP contribution < -0.4 is 0 Å². The van der Waals surface area contributed by atoms with Crippen molar-refractivity contribution < 1.29 is 24.9 Å². The first-order chi connectivity index (χ1) is 8.65. The molecule has 0 aromatic carbocycles. The molecule has 2 atom stereocenters. The van der Waals surface area contributed by atoms with E-state index in [1.54, 1.807) is 20.8 Å². The minimum Gasteiger partial charge on any atom is -0.480 e. The number of likely N-dealkylation sites (N-methyl/N-ethyl adjacent to an activating group) is 1. The third-order valence-corrected chi connectivity index (χ3v) is 3.04. The van der Waals surface area contributed by atoms with Crippen LogP contribution in [0.2, 0.25) is 0 Å². The zero-order valence-electron chi connectivity index (χ0n) is 11.5. The van der Waals surface area contributed by atoms with Gasteiger partial charge in [-0.05, 0) is 20.8 Å². The molecule has 1 rings (SSSR count). The summed E-state index contributed by atoms with van der Waals surface area (Å²) in [6.45, 7) is 5.40. The molecule has 19 heavy (non-hydrogen) atoms. The Hall–Kier alpha value is -1.34. The minimum absolute atomic E-state index is 0.0121. The van der Waals surface area contributed by atoms with E-state index in [2.05, 4.69) is 0 Å². The Balaban J connectivity index is 2.81. The number of aliphatic carboxylic acids is 1. The monoisotopic (exact) mass is 274 g/mol. The second-order valence-corrected chi connectivity index (χ2v) is 5.51. The van der Waals surface area contributed by atoms with E-state index >= 15 is 0 Å². The minimum atomic E-state index is -1.12. The van der Waals surface area contributed by atoms with Gasteiger partial charge in [0, 0.05) is 19.5 Å². The number of carboxylic acids is 1. The first-order valence-electron chi connectivity index (χ1n) is 6.34. The van der Waals surface area contributed by atoms with Crippen molar-refractivity contribution in [1.29, 1.82) is 0 Å². The van der Waals surface area contributed by atoms with E-state index in [1.165, 1.54) is 4.90 Å². The highest BCUT2D eigenvalue weighted by Crippen LogP contribution is 2.20. The number of urea groups is 1. The standard InChI is InChI=1S/C12H22N2O5/c1-4-13(7-12(2,3)19)11(18)14-6-8(15)5-9(14)10(16)17/h8-9,15,19H,4-7H2,1-3H3,(H,16,17). The molecule has 1 fully saturated rings. The number of nitrogens with zero attached hydrogens (tertiary/aromatic N) is 2. The third-order valence-electron chi connectivity index (χ3n) is 3.04. The molecule has 0 aliphatic carbocycles. The van der Waals surface area contributed by atoms with Crippen molar-refractivity contribution in [2.75, 3.05) is 19.6 Å². The number of hydrogen-bond acceptors (Lipinski definition) is 4. The summed E-state index contributed by atoms with van der Waals surface area (Å²) in [6, 6.07) is -1.47. The number of carboxylic acid groups (broad SMARTS) is 1. The number of aliphatic hydroxyl groups excluding tert-OH is 1. The Morgan fingerprint density at radius 3 is 2.42 bits per heavy atom. The zero-order chi connectivity index (χ0) is 14.8. The Bertz CT molecular complexity index is 353. The largest absolute Gasteiger partial charge is 0.480 e. The lowest BCUT2D eigenvalue weighted by Gasteiger charge is -2.33. The fourth-order valence-electron chi connectivity index (χ4n) is 2.22. The second-order valence-electron chi connectivity index (χ2n) is 5.51. The van der Waals surface area contributed by atoms with Gasteiger partial charge in [-0.2, -0.15) is 0 Å². The van der Waals surface area contributed by atoms with Gasteiger partial charge in [0.05, 0.1) is 18.2 Å². The molecule has 1 aliphatic heterocycles. The Labute approximate surface area is 112 Å². The maximum atomic E-state index is 12.3. The lowest BCUT2D eigenvalue weighted by molar-refractivity contribution is -0.141. The van der Waals surface area contributed by atoms with Crippen LogP contribution in [-0.4, -0.2) is 74.5 Å². The number of β-amino-alcohol motifs (C(OH)–C–C–N with tert-alkyl or cyclic N) is 1. The quantitative estimate of drug-likeness (QED) is 0.654. The van der Waals surface area contributed by atoms with Crippen molar-refractivity contribution in [2.24, 2.45) is 0 Å². The first-order valence-corrected chi connectivity index (χ1v) is 6.34. The van der Waals surface area contributed by atoms with Gasteiger partial charge in [0.25, 0.3) is 0 Å². The summed E-state index contributed by atoms with van der Waals surface area (Å²) in [6.07, 6.45) is -0.771. The van der Waals surface area contributed by atoms with Gasteiger partial charge < -0.3 is 25.1 Å². The molecule has 2 unspecified atom stereocenters. The molecule has 110 valence electrons. The topological polar surface area (TPSA) is 101 Å². The lowest BCUT2D eigenvalue weighted by Crippen LogP contribution is -2.51. The van der Waals surface area contributed by atoms with Crippen LogP contribution in [0.3, 0.4) is 0 Å². The van der Waals surface area contributed by atoms with Gasteiger partial charge in [-0.15, -0.1) is 0 Å². The maximum absolute atomic E-state index is 12.3. The molecule has 0 spiro atoms. The molecule has 2 amide bonds. The van der Waals surface area contributed by atoms with Gasteiger partial charge in [0.1, 0.15) is 6.04 Å². The first kappa shape index (κ1) is 15.7. The summed E-state index contributed by atoms with van der Waals surface area (Å²) in [4.78, 5) is 25.9. The van der Waals surface area contributed by atoms with Gasteiger partial charge in [-0.1, -0.05) is 0 Å². The number of hydrogen-bond donors (Lipinski definition) is 3. The summed E-state index contributed by atoms with van der Waals surface area (Å²) in [5.74, 6) is -1.12. The van der Waals surface area contributed by atoms with Gasteiger partial charge in [-0.25, -0.2) is 9.59 Å². The second kappa shape index (κ2) is 5.75. The summed E-state index contributed by atoms with van der Waals surface area (Å²) >= 11 is 0. The SMILES string of the molecule is CCN(CC(C)(C)O)C(=O)N1CC(O)CC1C(=O)O. The van der Waals surface area contributed by atoms with Crippen molar-refractivity contribution in [1.82, 2.24) is 9.80 Å². The predicted molar refractivity (Wildman–Crippen MR) is 67.7 cm³/mol. The highest BCUT2D eigenvalue weighted by Gasteiger charge is 2.40. The highest BCUT2D eigenvalue weighted by molar-refractivity contribution is 5.83. The van der Waals surface area contributed by atoms with Crippen LogP contribution in [-0.2, 0) is 4.79 Å². The van der Waals surface area contributed by atoms with Crippen LogP contribution in [0.1, 0.15) is 27.2 Å². The van der Waals surface area contributed by atoms with Crippen LogP contribution in [0.5, 0.6) is 0 Å². The van der Waals surface area contributed by atoms with Crippen molar-refractivity contribution >= 4 is 12.0 Å². The van der Waals surface area contributed by atoms with Crippen molar-refractivity contribution in [3.8, 4) is 0 Å². The summed E-state index contributed by atoms with van der Waals surface area (Å²) < 4.78 is 0. The number of carbonyl (C=O) groups excluding carboxylic acids is 1. The summed E-state index contributed by atoms with van der Waals surface area (Å²) in [5, 5.41) is 28.4. The predicted octanol–water partition coefficient (Wildman–Crippen LogP) is -0.281. The molecule has 3 N–H and O–H groups in total. The molecular formula is C12H22N2O5. The molecular weight excluding hydrogens is 252 g/mol. The molecule has 1 heterocycles. The summed E-state index contributed by atoms with van der Waals surface area (Å²) in [7, 11) is 0.